The highest BCUT2D eigenvalue weighted by Gasteiger charge is 2.22. The number of aromatic nitrogens is 4. The molecule has 0 aliphatic rings. The lowest BCUT2D eigenvalue weighted by atomic mass is 10.1. The highest BCUT2D eigenvalue weighted by atomic mass is 16.3. The van der Waals surface area contributed by atoms with Gasteiger partial charge in [-0.2, -0.15) is 0 Å². The van der Waals surface area contributed by atoms with E-state index in [4.69, 9.17) is 14.4 Å². The highest BCUT2D eigenvalue weighted by Crippen LogP contribution is 2.43. The summed E-state index contributed by atoms with van der Waals surface area (Å²) in [6.07, 6.45) is 3.85. The predicted molar refractivity (Wildman–Crippen MR) is 267 cm³/mol. The Morgan fingerprint density at radius 2 is 0.677 bits per heavy atom. The third-order valence-electron chi connectivity index (χ3n) is 12.5. The first-order chi connectivity index (χ1) is 32.2. The van der Waals surface area contributed by atoms with Gasteiger partial charge in [-0.3, -0.25) is 0 Å². The van der Waals surface area contributed by atoms with Crippen molar-refractivity contribution >= 4 is 99.9 Å². The molecule has 0 fully saturated rings. The molecule has 0 amide bonds. The smallest absolute Gasteiger partial charge is 0.157 e. The van der Waals surface area contributed by atoms with Crippen molar-refractivity contribution in [3.05, 3.63) is 231 Å². The van der Waals surface area contributed by atoms with Crippen LogP contribution < -0.4 is 9.80 Å². The summed E-state index contributed by atoms with van der Waals surface area (Å²) in [6, 6.07) is 76.8. The molecule has 65 heavy (non-hydrogen) atoms. The highest BCUT2D eigenvalue weighted by molar-refractivity contribution is 6.12. The lowest BCUT2D eigenvalue weighted by Gasteiger charge is -2.25. The monoisotopic (exact) mass is 834 g/mol. The van der Waals surface area contributed by atoms with Crippen LogP contribution in [-0.2, 0) is 0 Å². The standard InChI is InChI=1S/C58H38N6O/c1-5-17-39(18-6-1)61(43-29-31-49-47-25-13-15-27-51(47)63(53(49)33-43)41-21-9-3-10-22-41)45-35-55-57(59-37-45)58-56(65-55)36-46(38-60-58)62(40-19-7-2-8-20-40)44-30-32-50-48-26-14-16-28-52(48)64(54(50)34-44)42-23-11-4-12-24-42/h1-38H. The third kappa shape index (κ3) is 5.98. The van der Waals surface area contributed by atoms with Crippen molar-refractivity contribution in [2.45, 2.75) is 0 Å². The molecule has 13 aromatic rings. The second-order valence-electron chi connectivity index (χ2n) is 16.3. The molecule has 0 saturated carbocycles. The lowest BCUT2D eigenvalue weighted by Crippen LogP contribution is -2.10. The van der Waals surface area contributed by atoms with Crippen molar-refractivity contribution in [2.75, 3.05) is 9.80 Å². The SMILES string of the molecule is c1ccc(N(c2cnc3c(c2)oc2cc(N(c4ccccc4)c4ccc5c6ccccc6n(-c6ccccc6)c5c4)cnc23)c2ccc3c4ccccc4n(-c4ccccc4)c3c2)cc1. The molecule has 0 unspecified atom stereocenters. The zero-order valence-corrected chi connectivity index (χ0v) is 35.0. The van der Waals surface area contributed by atoms with Crippen molar-refractivity contribution in [3.63, 3.8) is 0 Å². The summed E-state index contributed by atoms with van der Waals surface area (Å²) < 4.78 is 11.5. The van der Waals surface area contributed by atoms with E-state index in [-0.39, 0.29) is 0 Å². The average Bonchev–Trinajstić information content (AvgIpc) is 4.02. The summed E-state index contributed by atoms with van der Waals surface area (Å²) in [5.74, 6) is 0. The van der Waals surface area contributed by atoms with Gasteiger partial charge in [-0.05, 0) is 84.9 Å². The van der Waals surface area contributed by atoms with Gasteiger partial charge >= 0.3 is 0 Å². The number of fused-ring (bicyclic) bond motifs is 9. The van der Waals surface area contributed by atoms with E-state index in [1.807, 2.05) is 24.5 Å². The molecule has 306 valence electrons. The van der Waals surface area contributed by atoms with Gasteiger partial charge in [0, 0.05) is 67.8 Å². The number of rotatable bonds is 8. The molecule has 0 radical (unpaired) electrons. The number of hydrogen-bond acceptors (Lipinski definition) is 5. The van der Waals surface area contributed by atoms with E-state index in [9.17, 15) is 0 Å². The Kier molecular flexibility index (Phi) is 8.39. The van der Waals surface area contributed by atoms with Crippen LogP contribution in [0.5, 0.6) is 0 Å². The van der Waals surface area contributed by atoms with E-state index in [1.165, 1.54) is 21.5 Å². The van der Waals surface area contributed by atoms with Crippen molar-refractivity contribution in [1.82, 2.24) is 19.1 Å². The molecular weight excluding hydrogens is 797 g/mol. The van der Waals surface area contributed by atoms with Crippen LogP contribution >= 0.6 is 0 Å². The minimum absolute atomic E-state index is 0.655. The van der Waals surface area contributed by atoms with Gasteiger partial charge in [-0.15, -0.1) is 0 Å². The zero-order valence-electron chi connectivity index (χ0n) is 35.0. The molecule has 0 aliphatic carbocycles. The first kappa shape index (κ1) is 36.7. The number of anilines is 6. The second kappa shape index (κ2) is 14.9. The Morgan fingerprint density at radius 3 is 1.11 bits per heavy atom. The maximum absolute atomic E-state index is 6.77. The molecule has 0 saturated heterocycles. The summed E-state index contributed by atoms with van der Waals surface area (Å²) in [7, 11) is 0. The number of benzene rings is 8. The van der Waals surface area contributed by atoms with Gasteiger partial charge in [0.25, 0.3) is 0 Å². The maximum Gasteiger partial charge on any atom is 0.157 e. The number of nitrogens with zero attached hydrogens (tertiary/aromatic N) is 6. The topological polar surface area (TPSA) is 55.3 Å². The molecule has 5 aromatic heterocycles. The zero-order chi connectivity index (χ0) is 42.8. The van der Waals surface area contributed by atoms with E-state index in [2.05, 4.69) is 225 Å². The van der Waals surface area contributed by atoms with E-state index in [0.29, 0.717) is 22.2 Å². The van der Waals surface area contributed by atoms with Crippen LogP contribution in [0.3, 0.4) is 0 Å². The van der Waals surface area contributed by atoms with Gasteiger partial charge in [0.1, 0.15) is 11.0 Å². The summed E-state index contributed by atoms with van der Waals surface area (Å²) in [5, 5.41) is 4.81. The first-order valence-electron chi connectivity index (χ1n) is 21.8. The number of hydrogen-bond donors (Lipinski definition) is 0. The fraction of sp³-hybridized carbons (Fsp3) is 0. The fourth-order valence-electron chi connectivity index (χ4n) is 9.70. The Balaban J connectivity index is 0.949. The van der Waals surface area contributed by atoms with Gasteiger partial charge in [0.2, 0.25) is 0 Å². The van der Waals surface area contributed by atoms with Crippen LogP contribution in [0.15, 0.2) is 235 Å². The largest absolute Gasteiger partial charge is 0.452 e. The van der Waals surface area contributed by atoms with Gasteiger partial charge in [0.15, 0.2) is 11.2 Å². The quantitative estimate of drug-likeness (QED) is 0.153. The normalized spacial score (nSPS) is 11.7. The number of pyridine rings is 2. The maximum atomic E-state index is 6.77. The minimum atomic E-state index is 0.655. The molecule has 7 heteroatoms. The molecule has 0 spiro atoms. The van der Waals surface area contributed by atoms with E-state index < -0.39 is 0 Å². The Labute approximate surface area is 373 Å². The Morgan fingerprint density at radius 1 is 0.308 bits per heavy atom. The van der Waals surface area contributed by atoms with Gasteiger partial charge in [-0.25, -0.2) is 9.97 Å². The van der Waals surface area contributed by atoms with E-state index >= 15 is 0 Å². The number of furan rings is 1. The van der Waals surface area contributed by atoms with Crippen LogP contribution in [0.25, 0.3) is 77.2 Å². The molecule has 0 atom stereocenters. The van der Waals surface area contributed by atoms with Crippen LogP contribution in [0, 0.1) is 0 Å². The van der Waals surface area contributed by atoms with Crippen molar-refractivity contribution in [3.8, 4) is 11.4 Å². The minimum Gasteiger partial charge on any atom is -0.452 e. The Bertz CT molecular complexity index is 3640. The molecular formula is C58H38N6O. The average molecular weight is 835 g/mol. The van der Waals surface area contributed by atoms with Crippen LogP contribution in [-0.4, -0.2) is 19.1 Å². The molecule has 0 N–H and O–H groups in total. The molecule has 5 heterocycles. The van der Waals surface area contributed by atoms with Gasteiger partial charge in [0.05, 0.1) is 45.8 Å². The summed E-state index contributed by atoms with van der Waals surface area (Å²) in [4.78, 5) is 14.6. The Hall–Kier alpha value is -8.94. The molecule has 0 aliphatic heterocycles. The summed E-state index contributed by atoms with van der Waals surface area (Å²) in [6.45, 7) is 0. The van der Waals surface area contributed by atoms with Crippen LogP contribution in [0.1, 0.15) is 0 Å². The van der Waals surface area contributed by atoms with Crippen molar-refractivity contribution in [2.24, 2.45) is 0 Å². The van der Waals surface area contributed by atoms with E-state index in [0.717, 1.165) is 67.6 Å². The van der Waals surface area contributed by atoms with E-state index in [1.54, 1.807) is 0 Å². The molecule has 0 bridgehead atoms. The van der Waals surface area contributed by atoms with Gasteiger partial charge < -0.3 is 23.4 Å². The van der Waals surface area contributed by atoms with Crippen molar-refractivity contribution in [1.29, 1.82) is 0 Å². The number of para-hydroxylation sites is 6. The summed E-state index contributed by atoms with van der Waals surface area (Å²) >= 11 is 0. The van der Waals surface area contributed by atoms with Crippen LogP contribution in [0.4, 0.5) is 34.1 Å². The summed E-state index contributed by atoms with van der Waals surface area (Å²) in [5.41, 5.74) is 15.3. The molecule has 8 aromatic carbocycles. The first-order valence-corrected chi connectivity index (χ1v) is 21.8. The second-order valence-corrected chi connectivity index (χ2v) is 16.3. The fourth-order valence-corrected chi connectivity index (χ4v) is 9.70. The van der Waals surface area contributed by atoms with Gasteiger partial charge in [-0.1, -0.05) is 121 Å². The molecule has 13 rings (SSSR count). The van der Waals surface area contributed by atoms with Crippen molar-refractivity contribution < 1.29 is 4.42 Å². The third-order valence-corrected chi connectivity index (χ3v) is 12.5. The van der Waals surface area contributed by atoms with Crippen LogP contribution in [0.2, 0.25) is 0 Å². The lowest BCUT2D eigenvalue weighted by molar-refractivity contribution is 0.667. The predicted octanol–water partition coefficient (Wildman–Crippen LogP) is 15.5. The molecule has 7 nitrogen and oxygen atoms in total.